The number of nitrogens with one attached hydrogen (secondary N) is 1. The molecule has 10 aliphatic rings. The van der Waals surface area contributed by atoms with Gasteiger partial charge in [0.15, 0.2) is 11.6 Å². The topological polar surface area (TPSA) is 209 Å². The Balaban J connectivity index is 0.000000193. The lowest BCUT2D eigenvalue weighted by molar-refractivity contribution is -0.168. The van der Waals surface area contributed by atoms with Crippen molar-refractivity contribution in [2.24, 2.45) is 35.5 Å². The first kappa shape index (κ1) is 88.0. The highest BCUT2D eigenvalue weighted by atomic mass is 16.2. The van der Waals surface area contributed by atoms with Crippen molar-refractivity contribution >= 4 is 64.0 Å². The number of carbonyl (C=O) groups excluding carboxylic acids is 10. The van der Waals surface area contributed by atoms with Gasteiger partial charge in [-0.25, -0.2) is 9.80 Å². The molecule has 105 heavy (non-hydrogen) atoms. The number of ketones is 7. The van der Waals surface area contributed by atoms with Gasteiger partial charge in [0.05, 0.1) is 30.7 Å². The van der Waals surface area contributed by atoms with Gasteiger partial charge in [0.25, 0.3) is 0 Å². The summed E-state index contributed by atoms with van der Waals surface area (Å²) in [5.74, 6) is 4.15. The number of benzene rings is 2. The number of nitrogens with zero attached hydrogens (tertiary/aromatic N) is 8. The number of hydrazine groups is 1. The van der Waals surface area contributed by atoms with Crippen molar-refractivity contribution in [3.63, 3.8) is 0 Å². The average Bonchev–Trinajstić information content (AvgIpc) is 1.61. The molecule has 2 aromatic rings. The number of Topliss-reactive ketones (excluding diaryl/α,β-unsaturated/α-hetero) is 7. The van der Waals surface area contributed by atoms with E-state index in [9.17, 15) is 47.9 Å². The molecule has 1 N–H and O–H groups in total. The maximum absolute atomic E-state index is 12.7. The van der Waals surface area contributed by atoms with Crippen LogP contribution in [0.4, 0.5) is 10.5 Å². The van der Waals surface area contributed by atoms with Crippen LogP contribution in [0.5, 0.6) is 0 Å². The Bertz CT molecular complexity index is 3240. The van der Waals surface area contributed by atoms with Crippen LogP contribution in [0.1, 0.15) is 265 Å². The molecule has 8 aliphatic heterocycles. The van der Waals surface area contributed by atoms with Gasteiger partial charge in [0.2, 0.25) is 11.8 Å². The number of urea groups is 1. The molecule has 12 unspecified atom stereocenters. The highest BCUT2D eigenvalue weighted by Gasteiger charge is 2.48. The number of hydrogen-bond donors (Lipinski definition) is 1. The minimum atomic E-state index is -0.266. The van der Waals surface area contributed by atoms with Crippen LogP contribution in [0.25, 0.3) is 0 Å². The molecule has 19 heteroatoms. The van der Waals surface area contributed by atoms with E-state index in [2.05, 4.69) is 143 Å². The molecular formula is C86H139N9O10. The molecule has 8 fully saturated rings. The first-order valence-corrected chi connectivity index (χ1v) is 40.7. The second-order valence-electron chi connectivity index (χ2n) is 34.0. The summed E-state index contributed by atoms with van der Waals surface area (Å²) >= 11 is 0. The zero-order chi connectivity index (χ0) is 78.0. The highest BCUT2D eigenvalue weighted by molar-refractivity contribution is 6.01. The third kappa shape index (κ3) is 23.3. The summed E-state index contributed by atoms with van der Waals surface area (Å²) in [6, 6.07) is 19.9. The van der Waals surface area contributed by atoms with Crippen LogP contribution in [0, 0.1) is 35.5 Å². The molecule has 588 valence electrons. The van der Waals surface area contributed by atoms with Crippen LogP contribution in [-0.2, 0) is 62.5 Å². The summed E-state index contributed by atoms with van der Waals surface area (Å²) in [5.41, 5.74) is 4.78. The summed E-state index contributed by atoms with van der Waals surface area (Å²) in [7, 11) is 0. The van der Waals surface area contributed by atoms with Crippen molar-refractivity contribution in [2.45, 2.75) is 346 Å². The average molecular weight is 1460 g/mol. The second kappa shape index (κ2) is 41.1. The second-order valence-corrected chi connectivity index (χ2v) is 34.0. The molecule has 12 rings (SSSR count). The summed E-state index contributed by atoms with van der Waals surface area (Å²) in [4.78, 5) is 130. The number of aryl methyl sites for hydroxylation is 1. The number of likely N-dealkylation sites (tertiary alicyclic amines) is 3. The maximum atomic E-state index is 12.7. The molecule has 0 spiro atoms. The van der Waals surface area contributed by atoms with Crippen LogP contribution in [0.15, 0.2) is 48.5 Å². The lowest BCUT2D eigenvalue weighted by atomic mass is 9.84. The lowest BCUT2D eigenvalue weighted by Gasteiger charge is -2.43. The first-order valence-electron chi connectivity index (χ1n) is 40.7. The van der Waals surface area contributed by atoms with Gasteiger partial charge in [-0.05, 0) is 267 Å². The molecule has 2 saturated carbocycles. The van der Waals surface area contributed by atoms with Gasteiger partial charge in [0.1, 0.15) is 41.0 Å². The van der Waals surface area contributed by atoms with Crippen molar-refractivity contribution in [3.8, 4) is 0 Å². The van der Waals surface area contributed by atoms with Crippen molar-refractivity contribution in [3.05, 3.63) is 65.2 Å². The van der Waals surface area contributed by atoms with Gasteiger partial charge in [-0.3, -0.25) is 67.8 Å². The fourth-order valence-corrected chi connectivity index (χ4v) is 18.7. The van der Waals surface area contributed by atoms with Gasteiger partial charge in [-0.1, -0.05) is 89.4 Å². The number of rotatable bonds is 15. The Morgan fingerprint density at radius 2 is 0.886 bits per heavy atom. The summed E-state index contributed by atoms with van der Waals surface area (Å²) in [5, 5.41) is 6.56. The van der Waals surface area contributed by atoms with Crippen LogP contribution in [0.3, 0.4) is 0 Å². The normalized spacial score (nSPS) is 27.6. The van der Waals surface area contributed by atoms with Crippen molar-refractivity contribution in [1.82, 2.24) is 39.8 Å². The summed E-state index contributed by atoms with van der Waals surface area (Å²) < 4.78 is 0. The van der Waals surface area contributed by atoms with Gasteiger partial charge >= 0.3 is 6.03 Å². The van der Waals surface area contributed by atoms with E-state index in [0.717, 1.165) is 108 Å². The molecule has 12 atom stereocenters. The predicted molar refractivity (Wildman–Crippen MR) is 420 cm³/mol. The monoisotopic (exact) mass is 1460 g/mol. The number of carbonyl (C=O) groups is 10. The molecule has 0 aromatic heterocycles. The van der Waals surface area contributed by atoms with Crippen LogP contribution in [0.2, 0.25) is 0 Å². The zero-order valence-electron chi connectivity index (χ0n) is 68.7. The smallest absolute Gasteiger partial charge is 0.318 e. The molecule has 19 nitrogen and oxygen atoms in total. The maximum Gasteiger partial charge on any atom is 0.318 e. The third-order valence-corrected chi connectivity index (χ3v) is 24.1. The Labute approximate surface area is 633 Å². The van der Waals surface area contributed by atoms with Crippen molar-refractivity contribution < 1.29 is 47.9 Å². The van der Waals surface area contributed by atoms with Crippen LogP contribution < -0.4 is 10.2 Å². The molecule has 2 aliphatic carbocycles. The Morgan fingerprint density at radius 3 is 1.36 bits per heavy atom. The minimum Gasteiger partial charge on any atom is -0.335 e. The number of hydrogen-bond acceptors (Lipinski definition) is 15. The zero-order valence-corrected chi connectivity index (χ0v) is 68.7. The van der Waals surface area contributed by atoms with Crippen molar-refractivity contribution in [1.29, 1.82) is 0 Å². The lowest BCUT2D eigenvalue weighted by Crippen LogP contribution is -2.58. The number of fused-ring (bicyclic) bond motifs is 5. The van der Waals surface area contributed by atoms with Gasteiger partial charge < -0.3 is 15.1 Å². The Kier molecular flexibility index (Phi) is 34.4. The Hall–Kier alpha value is -5.86. The van der Waals surface area contributed by atoms with Crippen molar-refractivity contribution in [2.75, 3.05) is 37.6 Å². The number of para-hydroxylation sites is 1. The molecule has 0 radical (unpaired) electrons. The standard InChI is InChI=1S/C16H21NO2.C14H24N2O2.C14H19NO.C13H23NO.C12H21NO.C9H17NO.C8H14N2O2/c1-11(2)14-9-8-13-6-4-5-7-15(13)17(16(14)19)10-12(3)18;1-10(2)12-6-4-8-15-9-5-7-13(11(3)17)16(15)14(12)18;1-10(2)15-9-13-7-5-4-6-12(13)8-14(15)11(3)16;1-9(2)14-12-7-5-4-6-11(12)8-13(14)10(3)15;1-8(2)13-11-6-4-5-10(11)7-12(13)9(3)14;1-7(2)10-6-4-5-9(10)8(3)11;1-5(2)10-7(6(3)11)4-9-8(10)12/h4-7,11,14H,8-10H2,1-3H3;10,12-13H,4-9H2,1-3H3;4-7,10,14H,8-9H2,1-3H3;9,11-13H,4-8H2,1-3H3;8,10-12H,4-7H2,1-3H3;7,9H,4-6H2,1-3H3;5,7H,4H2,1-3H3,(H,9,12). The van der Waals surface area contributed by atoms with E-state index in [0.29, 0.717) is 72.0 Å². The van der Waals surface area contributed by atoms with E-state index in [1.165, 1.54) is 81.9 Å². The van der Waals surface area contributed by atoms with Gasteiger partial charge in [0, 0.05) is 86.0 Å². The van der Waals surface area contributed by atoms with Crippen LogP contribution in [-0.4, -0.2) is 204 Å². The van der Waals surface area contributed by atoms with E-state index in [-0.39, 0.29) is 102 Å². The minimum absolute atomic E-state index is 0.00625. The van der Waals surface area contributed by atoms with Gasteiger partial charge in [-0.2, -0.15) is 0 Å². The predicted octanol–water partition coefficient (Wildman–Crippen LogP) is 13.8. The van der Waals surface area contributed by atoms with E-state index in [1.54, 1.807) is 49.4 Å². The molecule has 6 saturated heterocycles. The highest BCUT2D eigenvalue weighted by Crippen LogP contribution is 2.44. The van der Waals surface area contributed by atoms with E-state index in [4.69, 9.17) is 0 Å². The van der Waals surface area contributed by atoms with E-state index in [1.807, 2.05) is 32.0 Å². The Morgan fingerprint density at radius 1 is 0.429 bits per heavy atom. The largest absolute Gasteiger partial charge is 0.335 e. The third-order valence-electron chi connectivity index (χ3n) is 24.1. The molecule has 0 bridgehead atoms. The van der Waals surface area contributed by atoms with E-state index >= 15 is 0 Å². The van der Waals surface area contributed by atoms with E-state index < -0.39 is 0 Å². The fourth-order valence-electron chi connectivity index (χ4n) is 18.7. The molecule has 4 amide bonds. The fraction of sp³-hybridized carbons (Fsp3) is 0.744. The quantitative estimate of drug-likeness (QED) is 0.176. The molecule has 2 aromatic carbocycles. The molecule has 8 heterocycles. The number of amides is 4. The first-order chi connectivity index (χ1) is 49.5. The summed E-state index contributed by atoms with van der Waals surface area (Å²) in [6.45, 7) is 45.7. The SMILES string of the molecule is CC(=O)C1CC2CCCC2N1C(C)C.CC(=O)C1CC2CCCCC2N1C(C)C.CC(=O)C1CCCN1C(C)C.CC(=O)C1CCCN2CCCC(C(C)C)C(=O)N12.CC(=O)C1CNC(=O)N1C(C)C.CC(=O)C1Cc2ccccc2CN1C(C)C.CC(=O)CN1C(=O)C(C(C)C)CCc2ccccc21. The molecular weight excluding hydrogens is 1320 g/mol. The van der Waals surface area contributed by atoms with Gasteiger partial charge in [-0.15, -0.1) is 0 Å². The summed E-state index contributed by atoms with van der Waals surface area (Å²) in [6.07, 6.45) is 20.4. The number of anilines is 1. The van der Waals surface area contributed by atoms with Crippen LogP contribution >= 0.6 is 0 Å².